The van der Waals surface area contributed by atoms with Crippen LogP contribution in [0.25, 0.3) is 0 Å². The molecule has 1 aliphatic rings. The molecule has 4 rings (SSSR count). The van der Waals surface area contributed by atoms with Gasteiger partial charge in [-0.15, -0.1) is 0 Å². The highest BCUT2D eigenvalue weighted by Crippen LogP contribution is 2.26. The fourth-order valence-electron chi connectivity index (χ4n) is 4.84. The second kappa shape index (κ2) is 13.1. The maximum absolute atomic E-state index is 13.9. The Morgan fingerprint density at radius 2 is 1.59 bits per heavy atom. The minimum absolute atomic E-state index is 0.0561. The first-order valence-corrected chi connectivity index (χ1v) is 15.0. The van der Waals surface area contributed by atoms with Gasteiger partial charge in [-0.2, -0.15) is 0 Å². The Bertz CT molecular complexity index is 1360. The zero-order chi connectivity index (χ0) is 27.8. The van der Waals surface area contributed by atoms with Crippen LogP contribution in [0.2, 0.25) is 5.02 Å². The number of amides is 2. The van der Waals surface area contributed by atoms with Crippen LogP contribution in [-0.4, -0.2) is 50.3 Å². The minimum Gasteiger partial charge on any atom is -0.352 e. The van der Waals surface area contributed by atoms with Crippen molar-refractivity contribution in [1.82, 2.24) is 10.2 Å². The molecule has 0 spiro atoms. The van der Waals surface area contributed by atoms with E-state index < -0.39 is 28.5 Å². The van der Waals surface area contributed by atoms with Gasteiger partial charge in [0.05, 0.1) is 10.6 Å². The molecular weight excluding hydrogens is 534 g/mol. The van der Waals surface area contributed by atoms with E-state index in [1.165, 1.54) is 23.1 Å². The maximum atomic E-state index is 13.9. The molecule has 0 aromatic heterocycles. The predicted molar refractivity (Wildman–Crippen MR) is 154 cm³/mol. The highest BCUT2D eigenvalue weighted by molar-refractivity contribution is 7.92. The molecule has 0 heterocycles. The summed E-state index contributed by atoms with van der Waals surface area (Å²) in [7, 11) is -4.10. The van der Waals surface area contributed by atoms with Gasteiger partial charge >= 0.3 is 0 Å². The quantitative estimate of drug-likeness (QED) is 0.351. The first kappa shape index (κ1) is 28.6. The fourth-order valence-corrected chi connectivity index (χ4v) is 6.45. The normalized spacial score (nSPS) is 14.5. The molecule has 3 aromatic carbocycles. The van der Waals surface area contributed by atoms with Gasteiger partial charge in [0.25, 0.3) is 10.0 Å². The van der Waals surface area contributed by atoms with Crippen LogP contribution in [-0.2, 0) is 26.0 Å². The van der Waals surface area contributed by atoms with Gasteiger partial charge in [0.1, 0.15) is 12.6 Å². The largest absolute Gasteiger partial charge is 0.352 e. The number of nitrogens with one attached hydrogen (secondary N) is 1. The summed E-state index contributed by atoms with van der Waals surface area (Å²) in [5.41, 5.74) is 1.29. The molecule has 1 unspecified atom stereocenters. The Morgan fingerprint density at radius 1 is 0.949 bits per heavy atom. The molecular formula is C30H34ClN3O4S. The number of hydrogen-bond acceptors (Lipinski definition) is 4. The summed E-state index contributed by atoms with van der Waals surface area (Å²) >= 11 is 6.20. The van der Waals surface area contributed by atoms with Crippen molar-refractivity contribution in [1.29, 1.82) is 0 Å². The fraction of sp³-hybridized carbons (Fsp3) is 0.333. The van der Waals surface area contributed by atoms with Crippen LogP contribution in [0.1, 0.15) is 38.2 Å². The molecule has 3 aromatic rings. The van der Waals surface area contributed by atoms with Crippen LogP contribution in [0.3, 0.4) is 0 Å². The van der Waals surface area contributed by atoms with Crippen LogP contribution in [0.4, 0.5) is 5.69 Å². The van der Waals surface area contributed by atoms with Crippen molar-refractivity contribution >= 4 is 39.1 Å². The van der Waals surface area contributed by atoms with E-state index in [1.807, 2.05) is 30.3 Å². The average molecular weight is 568 g/mol. The Kier molecular flexibility index (Phi) is 9.64. The molecule has 1 N–H and O–H groups in total. The molecule has 39 heavy (non-hydrogen) atoms. The van der Waals surface area contributed by atoms with Crippen molar-refractivity contribution in [2.75, 3.05) is 17.4 Å². The Hall–Kier alpha value is -3.36. The van der Waals surface area contributed by atoms with Crippen LogP contribution < -0.4 is 9.62 Å². The number of halogens is 1. The molecule has 1 aliphatic carbocycles. The number of rotatable bonds is 11. The molecule has 206 valence electrons. The van der Waals surface area contributed by atoms with Gasteiger partial charge in [0.2, 0.25) is 11.8 Å². The highest BCUT2D eigenvalue weighted by atomic mass is 35.5. The van der Waals surface area contributed by atoms with Crippen molar-refractivity contribution in [3.63, 3.8) is 0 Å². The summed E-state index contributed by atoms with van der Waals surface area (Å²) in [4.78, 5) is 28.7. The minimum atomic E-state index is -4.10. The van der Waals surface area contributed by atoms with Crippen molar-refractivity contribution in [2.45, 2.75) is 56.0 Å². The predicted octanol–water partition coefficient (Wildman–Crippen LogP) is 5.05. The number of carbonyl (C=O) groups excluding carboxylic acids is 2. The van der Waals surface area contributed by atoms with Crippen molar-refractivity contribution in [3.05, 3.63) is 95.5 Å². The van der Waals surface area contributed by atoms with Crippen LogP contribution in [0, 0.1) is 0 Å². The third-order valence-electron chi connectivity index (χ3n) is 7.06. The molecule has 9 heteroatoms. The molecule has 0 radical (unpaired) electrons. The summed E-state index contributed by atoms with van der Waals surface area (Å²) in [5, 5.41) is 3.42. The third kappa shape index (κ3) is 7.40. The van der Waals surface area contributed by atoms with E-state index in [0.717, 1.165) is 35.6 Å². The number of anilines is 1. The Balaban J connectivity index is 1.63. The number of sulfonamides is 1. The number of hydrogen-bond donors (Lipinski definition) is 1. The van der Waals surface area contributed by atoms with E-state index in [4.69, 9.17) is 11.6 Å². The lowest BCUT2D eigenvalue weighted by atomic mass is 10.1. The standard InChI is InChI=1S/C30H34ClN3O4S/c1-23(30(36)32-26-14-8-9-15-26)33(20-19-24-11-4-2-5-12-24)29(35)22-34(27-16-10-13-25(31)21-27)39(37,38)28-17-6-3-7-18-28/h2-7,10-13,16-18,21,23,26H,8-9,14-15,19-20,22H2,1H3,(H,32,36). The van der Waals surface area contributed by atoms with Gasteiger partial charge in [-0.1, -0.05) is 79.0 Å². The van der Waals surface area contributed by atoms with E-state index in [2.05, 4.69) is 5.32 Å². The monoisotopic (exact) mass is 567 g/mol. The summed E-state index contributed by atoms with van der Waals surface area (Å²) in [5.74, 6) is -0.706. The van der Waals surface area contributed by atoms with E-state index in [9.17, 15) is 18.0 Å². The molecule has 0 bridgehead atoms. The van der Waals surface area contributed by atoms with Crippen LogP contribution in [0.15, 0.2) is 89.8 Å². The van der Waals surface area contributed by atoms with E-state index in [1.54, 1.807) is 43.3 Å². The number of nitrogens with zero attached hydrogens (tertiary/aromatic N) is 2. The number of benzene rings is 3. The Morgan fingerprint density at radius 3 is 2.23 bits per heavy atom. The lowest BCUT2D eigenvalue weighted by Crippen LogP contribution is -2.53. The third-order valence-corrected chi connectivity index (χ3v) is 9.08. The molecule has 1 saturated carbocycles. The molecule has 1 atom stereocenters. The van der Waals surface area contributed by atoms with Gasteiger partial charge < -0.3 is 10.2 Å². The molecule has 0 saturated heterocycles. The number of carbonyl (C=O) groups is 2. The highest BCUT2D eigenvalue weighted by Gasteiger charge is 2.33. The summed E-state index contributed by atoms with van der Waals surface area (Å²) in [6.07, 6.45) is 4.52. The topological polar surface area (TPSA) is 86.8 Å². The average Bonchev–Trinajstić information content (AvgIpc) is 3.45. The van der Waals surface area contributed by atoms with Crippen molar-refractivity contribution in [3.8, 4) is 0 Å². The molecule has 0 aliphatic heterocycles. The lowest BCUT2D eigenvalue weighted by Gasteiger charge is -2.32. The maximum Gasteiger partial charge on any atom is 0.264 e. The summed E-state index contributed by atoms with van der Waals surface area (Å²) < 4.78 is 28.6. The first-order valence-electron chi connectivity index (χ1n) is 13.2. The Labute approximate surface area is 235 Å². The van der Waals surface area contributed by atoms with Gasteiger partial charge in [-0.05, 0) is 62.1 Å². The zero-order valence-electron chi connectivity index (χ0n) is 22.0. The van der Waals surface area contributed by atoms with Gasteiger partial charge in [0, 0.05) is 17.6 Å². The zero-order valence-corrected chi connectivity index (χ0v) is 23.6. The van der Waals surface area contributed by atoms with Crippen molar-refractivity contribution in [2.24, 2.45) is 0 Å². The van der Waals surface area contributed by atoms with E-state index in [-0.39, 0.29) is 29.1 Å². The smallest absolute Gasteiger partial charge is 0.264 e. The summed E-state index contributed by atoms with van der Waals surface area (Å²) in [6, 6.07) is 23.4. The van der Waals surface area contributed by atoms with Gasteiger partial charge in [0.15, 0.2) is 0 Å². The van der Waals surface area contributed by atoms with Crippen LogP contribution in [0.5, 0.6) is 0 Å². The lowest BCUT2D eigenvalue weighted by molar-refractivity contribution is -0.139. The molecule has 7 nitrogen and oxygen atoms in total. The van der Waals surface area contributed by atoms with E-state index in [0.29, 0.717) is 11.4 Å². The second-order valence-corrected chi connectivity index (χ2v) is 12.1. The SMILES string of the molecule is CC(C(=O)NC1CCCC1)N(CCc1ccccc1)C(=O)CN(c1cccc(Cl)c1)S(=O)(=O)c1ccccc1. The van der Waals surface area contributed by atoms with Crippen molar-refractivity contribution < 1.29 is 18.0 Å². The molecule has 1 fully saturated rings. The van der Waals surface area contributed by atoms with Crippen LogP contribution >= 0.6 is 11.6 Å². The van der Waals surface area contributed by atoms with Gasteiger partial charge in [-0.3, -0.25) is 13.9 Å². The van der Waals surface area contributed by atoms with Gasteiger partial charge in [-0.25, -0.2) is 8.42 Å². The summed E-state index contributed by atoms with van der Waals surface area (Å²) in [6.45, 7) is 1.48. The second-order valence-electron chi connectivity index (χ2n) is 9.79. The van der Waals surface area contributed by atoms with E-state index >= 15 is 0 Å². The first-order chi connectivity index (χ1) is 18.8. The molecule has 2 amide bonds.